The van der Waals surface area contributed by atoms with Crippen LogP contribution in [0.1, 0.15) is 22.6 Å². The van der Waals surface area contributed by atoms with Crippen LogP contribution in [0.3, 0.4) is 0 Å². The van der Waals surface area contributed by atoms with Gasteiger partial charge < -0.3 is 14.9 Å². The van der Waals surface area contributed by atoms with Crippen LogP contribution in [-0.4, -0.2) is 23.3 Å². The predicted octanol–water partition coefficient (Wildman–Crippen LogP) is 3.77. The van der Waals surface area contributed by atoms with Crippen molar-refractivity contribution in [1.82, 2.24) is 0 Å². The van der Waals surface area contributed by atoms with Crippen molar-refractivity contribution in [2.24, 2.45) is 0 Å². The molecular formula is C17H17ClO4. The highest BCUT2D eigenvalue weighted by molar-refractivity contribution is 6.31. The molecule has 5 heteroatoms. The molecule has 0 amide bonds. The van der Waals surface area contributed by atoms with Gasteiger partial charge in [0.25, 0.3) is 0 Å². The largest absolute Gasteiger partial charge is 0.504 e. The lowest BCUT2D eigenvalue weighted by Gasteiger charge is -2.16. The van der Waals surface area contributed by atoms with Crippen LogP contribution in [0.2, 0.25) is 5.02 Å². The van der Waals surface area contributed by atoms with Gasteiger partial charge in [-0.1, -0.05) is 35.9 Å². The molecule has 0 heterocycles. The third-order valence-corrected chi connectivity index (χ3v) is 4.03. The van der Waals surface area contributed by atoms with Crippen LogP contribution in [0.25, 0.3) is 0 Å². The van der Waals surface area contributed by atoms with Gasteiger partial charge in [0, 0.05) is 5.02 Å². The fraction of sp³-hybridized carbons (Fsp3) is 0.235. The maximum atomic E-state index is 11.6. The Balaban J connectivity index is 2.38. The summed E-state index contributed by atoms with van der Waals surface area (Å²) < 4.78 is 5.05. The number of carbonyl (C=O) groups is 1. The van der Waals surface area contributed by atoms with Gasteiger partial charge in [0.05, 0.1) is 13.0 Å². The van der Waals surface area contributed by atoms with Crippen molar-refractivity contribution >= 4 is 17.6 Å². The Morgan fingerprint density at radius 1 is 1.32 bits per heavy atom. The third kappa shape index (κ3) is 3.34. The van der Waals surface area contributed by atoms with Crippen molar-refractivity contribution < 1.29 is 19.7 Å². The van der Waals surface area contributed by atoms with Gasteiger partial charge in [0.2, 0.25) is 0 Å². The molecule has 22 heavy (non-hydrogen) atoms. The van der Waals surface area contributed by atoms with E-state index in [0.29, 0.717) is 21.9 Å². The lowest BCUT2D eigenvalue weighted by molar-refractivity contribution is -0.138. The van der Waals surface area contributed by atoms with Crippen LogP contribution in [-0.2, 0) is 11.2 Å². The zero-order valence-corrected chi connectivity index (χ0v) is 13.1. The summed E-state index contributed by atoms with van der Waals surface area (Å²) >= 11 is 6.08. The van der Waals surface area contributed by atoms with Crippen molar-refractivity contribution in [2.45, 2.75) is 19.3 Å². The van der Waals surface area contributed by atoms with Gasteiger partial charge in [0.1, 0.15) is 0 Å². The lowest BCUT2D eigenvalue weighted by Crippen LogP contribution is -2.14. The molecule has 0 fully saturated rings. The van der Waals surface area contributed by atoms with Gasteiger partial charge in [-0.25, -0.2) is 0 Å². The number of phenols is 1. The van der Waals surface area contributed by atoms with E-state index in [1.165, 1.54) is 7.11 Å². The molecule has 2 aromatic rings. The minimum absolute atomic E-state index is 0.0329. The number of halogens is 1. The highest BCUT2D eigenvalue weighted by Gasteiger charge is 2.23. The maximum absolute atomic E-state index is 11.6. The molecule has 116 valence electrons. The number of carboxylic acid groups (broad SMARTS) is 1. The summed E-state index contributed by atoms with van der Waals surface area (Å²) in [5.74, 6) is -1.48. The first-order chi connectivity index (χ1) is 10.4. The normalized spacial score (nSPS) is 12.0. The van der Waals surface area contributed by atoms with Gasteiger partial charge in [-0.15, -0.1) is 0 Å². The minimum atomic E-state index is -0.970. The number of ether oxygens (including phenoxy) is 1. The van der Waals surface area contributed by atoms with Crippen LogP contribution in [0.15, 0.2) is 36.4 Å². The second-order valence-corrected chi connectivity index (χ2v) is 5.48. The summed E-state index contributed by atoms with van der Waals surface area (Å²) in [5.41, 5.74) is 2.01. The first kappa shape index (κ1) is 16.2. The third-order valence-electron chi connectivity index (χ3n) is 3.62. The molecule has 4 nitrogen and oxygen atoms in total. The molecule has 0 saturated carbocycles. The number of phenolic OH excluding ortho intramolecular Hbond substituents is 1. The van der Waals surface area contributed by atoms with E-state index in [-0.39, 0.29) is 12.2 Å². The average Bonchev–Trinajstić information content (AvgIpc) is 2.49. The van der Waals surface area contributed by atoms with Crippen molar-refractivity contribution in [1.29, 1.82) is 0 Å². The molecule has 1 atom stereocenters. The average molecular weight is 321 g/mol. The van der Waals surface area contributed by atoms with E-state index in [1.807, 2.05) is 6.92 Å². The molecule has 1 unspecified atom stereocenters. The number of benzene rings is 2. The number of methoxy groups -OCH3 is 1. The van der Waals surface area contributed by atoms with Gasteiger partial charge in [-0.2, -0.15) is 0 Å². The Kier molecular flexibility index (Phi) is 4.93. The van der Waals surface area contributed by atoms with Gasteiger partial charge in [-0.3, -0.25) is 4.79 Å². The molecule has 0 aromatic heterocycles. The summed E-state index contributed by atoms with van der Waals surface area (Å²) in [6, 6.07) is 10.2. The second kappa shape index (κ2) is 6.71. The van der Waals surface area contributed by atoms with E-state index < -0.39 is 11.9 Å². The molecule has 0 radical (unpaired) electrons. The van der Waals surface area contributed by atoms with Crippen molar-refractivity contribution in [3.8, 4) is 11.5 Å². The van der Waals surface area contributed by atoms with Crippen LogP contribution in [0.4, 0.5) is 0 Å². The minimum Gasteiger partial charge on any atom is -0.504 e. The number of aryl methyl sites for hydroxylation is 1. The van der Waals surface area contributed by atoms with E-state index in [1.54, 1.807) is 36.4 Å². The van der Waals surface area contributed by atoms with Crippen LogP contribution in [0, 0.1) is 6.92 Å². The van der Waals surface area contributed by atoms with E-state index >= 15 is 0 Å². The molecule has 0 aliphatic heterocycles. The number of para-hydroxylation sites is 1. The molecule has 2 aromatic carbocycles. The number of hydrogen-bond acceptors (Lipinski definition) is 3. The van der Waals surface area contributed by atoms with Gasteiger partial charge in [-0.05, 0) is 42.2 Å². The quantitative estimate of drug-likeness (QED) is 0.880. The smallest absolute Gasteiger partial charge is 0.311 e. The van der Waals surface area contributed by atoms with Crippen LogP contribution >= 0.6 is 11.6 Å². The van der Waals surface area contributed by atoms with Crippen LogP contribution in [0.5, 0.6) is 11.5 Å². The Hall–Kier alpha value is -2.20. The molecule has 0 saturated heterocycles. The fourth-order valence-corrected chi connectivity index (χ4v) is 2.48. The molecule has 0 aliphatic rings. The van der Waals surface area contributed by atoms with Crippen molar-refractivity contribution in [3.63, 3.8) is 0 Å². The molecule has 0 aliphatic carbocycles. The molecule has 0 bridgehead atoms. The Labute approximate surface area is 133 Å². The summed E-state index contributed by atoms with van der Waals surface area (Å²) in [5, 5.41) is 20.2. The fourth-order valence-electron chi connectivity index (χ4n) is 2.29. The monoisotopic (exact) mass is 320 g/mol. The number of hydrogen-bond donors (Lipinski definition) is 2. The maximum Gasteiger partial charge on any atom is 0.311 e. The summed E-state index contributed by atoms with van der Waals surface area (Å²) in [6.45, 7) is 1.86. The lowest BCUT2D eigenvalue weighted by atomic mass is 9.91. The summed E-state index contributed by atoms with van der Waals surface area (Å²) in [6.07, 6.45) is 0.151. The highest BCUT2D eigenvalue weighted by Crippen LogP contribution is 2.34. The first-order valence-electron chi connectivity index (χ1n) is 6.77. The predicted molar refractivity (Wildman–Crippen MR) is 84.9 cm³/mol. The Bertz CT molecular complexity index is 697. The number of carboxylic acids is 1. The summed E-state index contributed by atoms with van der Waals surface area (Å²) in [4.78, 5) is 11.6. The van der Waals surface area contributed by atoms with Crippen LogP contribution < -0.4 is 4.74 Å². The molecule has 2 rings (SSSR count). The zero-order chi connectivity index (χ0) is 16.3. The van der Waals surface area contributed by atoms with E-state index in [4.69, 9.17) is 16.3 Å². The Morgan fingerprint density at radius 3 is 2.64 bits per heavy atom. The van der Waals surface area contributed by atoms with Crippen molar-refractivity contribution in [2.75, 3.05) is 7.11 Å². The number of aliphatic carboxylic acids is 1. The van der Waals surface area contributed by atoms with E-state index in [0.717, 1.165) is 5.56 Å². The highest BCUT2D eigenvalue weighted by atomic mass is 35.5. The van der Waals surface area contributed by atoms with Gasteiger partial charge >= 0.3 is 5.97 Å². The second-order valence-electron chi connectivity index (χ2n) is 5.07. The Morgan fingerprint density at radius 2 is 2.05 bits per heavy atom. The van der Waals surface area contributed by atoms with E-state index in [9.17, 15) is 15.0 Å². The molecule has 2 N–H and O–H groups in total. The SMILES string of the molecule is COc1cccc(CC(C(=O)O)c2ccc(C)c(Cl)c2)c1O. The summed E-state index contributed by atoms with van der Waals surface area (Å²) in [7, 11) is 1.45. The molecular weight excluding hydrogens is 304 g/mol. The number of aromatic hydroxyl groups is 1. The standard InChI is InChI=1S/C17H17ClO4/c1-10-6-7-11(9-14(10)18)13(17(20)21)8-12-4-3-5-15(22-2)16(12)19/h3-7,9,13,19H,8H2,1-2H3,(H,20,21). The van der Waals surface area contributed by atoms with Gasteiger partial charge in [0.15, 0.2) is 11.5 Å². The first-order valence-corrected chi connectivity index (χ1v) is 7.15. The number of rotatable bonds is 5. The van der Waals surface area contributed by atoms with E-state index in [2.05, 4.69) is 0 Å². The van der Waals surface area contributed by atoms with Crippen molar-refractivity contribution in [3.05, 3.63) is 58.1 Å². The topological polar surface area (TPSA) is 66.8 Å². The zero-order valence-electron chi connectivity index (χ0n) is 12.3. The molecule has 0 spiro atoms.